The molecule has 0 bridgehead atoms. The third kappa shape index (κ3) is 8.46. The molecule has 3 aromatic carbocycles. The van der Waals surface area contributed by atoms with Crippen molar-refractivity contribution in [3.05, 3.63) is 128 Å². The highest BCUT2D eigenvalue weighted by molar-refractivity contribution is 7.44. The second-order valence-electron chi connectivity index (χ2n) is 13.0. The number of methoxy groups -OCH3 is 2. The molecule has 1 aliphatic rings. The predicted molar refractivity (Wildman–Crippen MR) is 198 cm³/mol. The summed E-state index contributed by atoms with van der Waals surface area (Å²) in [6.45, 7) is 12.6. The van der Waals surface area contributed by atoms with Gasteiger partial charge in [-0.05, 0) is 82.5 Å². The second kappa shape index (κ2) is 17.1. The van der Waals surface area contributed by atoms with Gasteiger partial charge in [-0.1, -0.05) is 54.6 Å². The zero-order chi connectivity index (χ0) is 36.7. The van der Waals surface area contributed by atoms with Crippen molar-refractivity contribution in [1.82, 2.24) is 14.2 Å². The summed E-state index contributed by atoms with van der Waals surface area (Å²) >= 11 is 0. The van der Waals surface area contributed by atoms with Crippen LogP contribution in [0.3, 0.4) is 0 Å². The first-order valence-corrected chi connectivity index (χ1v) is 18.5. The van der Waals surface area contributed by atoms with Crippen LogP contribution >= 0.6 is 8.53 Å². The van der Waals surface area contributed by atoms with Gasteiger partial charge in [0.05, 0.1) is 33.5 Å². The van der Waals surface area contributed by atoms with Crippen LogP contribution in [-0.2, 0) is 24.1 Å². The van der Waals surface area contributed by atoms with Gasteiger partial charge in [-0.25, -0.2) is 9.46 Å². The molecule has 1 unspecified atom stereocenters. The minimum Gasteiger partial charge on any atom is -0.497 e. The van der Waals surface area contributed by atoms with E-state index < -0.39 is 43.8 Å². The SMILES string of the molecule is CCOP(O[C@H]1C[C@H](n2cc(C)c(=O)[nH]c2=O)O[C@@H]1COC(c1ccccc1)(c1ccc(OC)cc1)c1ccc(OC)cc1)N(C(C)C)C(C)C. The van der Waals surface area contributed by atoms with Crippen LogP contribution in [0, 0.1) is 6.92 Å². The summed E-state index contributed by atoms with van der Waals surface area (Å²) in [5, 5.41) is 0. The van der Waals surface area contributed by atoms with Gasteiger partial charge < -0.3 is 28.0 Å². The van der Waals surface area contributed by atoms with Crippen LogP contribution in [0.1, 0.15) is 69.5 Å². The summed E-state index contributed by atoms with van der Waals surface area (Å²) in [5.74, 6) is 1.44. The number of aromatic nitrogens is 2. The quantitative estimate of drug-likeness (QED) is 0.0974. The van der Waals surface area contributed by atoms with Crippen LogP contribution in [0.5, 0.6) is 11.5 Å². The topological polar surface area (TPSA) is 113 Å². The molecule has 0 aliphatic carbocycles. The molecule has 1 aliphatic heterocycles. The van der Waals surface area contributed by atoms with Crippen molar-refractivity contribution in [3.8, 4) is 11.5 Å². The van der Waals surface area contributed by atoms with Crippen LogP contribution in [0.2, 0.25) is 0 Å². The Kier molecular flexibility index (Phi) is 12.9. The van der Waals surface area contributed by atoms with Gasteiger partial charge in [0.2, 0.25) is 0 Å². The van der Waals surface area contributed by atoms with Gasteiger partial charge in [0, 0.05) is 30.3 Å². The number of rotatable bonds is 16. The third-order valence-corrected chi connectivity index (χ3v) is 11.2. The van der Waals surface area contributed by atoms with E-state index in [1.54, 1.807) is 21.1 Å². The van der Waals surface area contributed by atoms with E-state index in [2.05, 4.69) is 37.3 Å². The molecule has 1 saturated heterocycles. The molecule has 4 atom stereocenters. The molecule has 1 aromatic heterocycles. The molecule has 1 fully saturated rings. The first-order valence-electron chi connectivity index (χ1n) is 17.4. The number of aromatic amines is 1. The molecule has 51 heavy (non-hydrogen) atoms. The molecule has 0 saturated carbocycles. The standard InChI is InChI=1S/C39H50N3O8P/c1-9-48-51(42(26(2)3)27(4)5)50-34-23-36(41-24-28(6)37(43)40-38(41)44)49-35(34)25-47-39(29-13-11-10-12-14-29,30-15-19-32(45-7)20-16-30)31-17-21-33(46-8)22-18-31/h10-22,24,26-27,34-36H,9,23,25H2,1-8H3,(H,40,43,44)/t34-,35+,36+,51?/m0/s1. The zero-order valence-electron chi connectivity index (χ0n) is 30.7. The van der Waals surface area contributed by atoms with E-state index in [1.807, 2.05) is 85.8 Å². The van der Waals surface area contributed by atoms with E-state index in [0.29, 0.717) is 18.6 Å². The maximum Gasteiger partial charge on any atom is 0.330 e. The molecule has 274 valence electrons. The molecule has 0 radical (unpaired) electrons. The fourth-order valence-electron chi connectivity index (χ4n) is 6.56. The van der Waals surface area contributed by atoms with E-state index >= 15 is 0 Å². The average molecular weight is 720 g/mol. The third-order valence-electron chi connectivity index (χ3n) is 8.99. The van der Waals surface area contributed by atoms with Crippen molar-refractivity contribution in [2.24, 2.45) is 0 Å². The Balaban J connectivity index is 1.60. The molecular weight excluding hydrogens is 669 g/mol. The first kappa shape index (κ1) is 38.4. The Labute approximate surface area is 301 Å². The summed E-state index contributed by atoms with van der Waals surface area (Å²) in [5.41, 5.74) is 0.982. The van der Waals surface area contributed by atoms with Crippen molar-refractivity contribution in [3.63, 3.8) is 0 Å². The highest BCUT2D eigenvalue weighted by Crippen LogP contribution is 2.50. The lowest BCUT2D eigenvalue weighted by Crippen LogP contribution is -2.39. The van der Waals surface area contributed by atoms with Crippen LogP contribution in [-0.4, -0.2) is 65.9 Å². The molecule has 1 N–H and O–H groups in total. The summed E-state index contributed by atoms with van der Waals surface area (Å²) in [7, 11) is 1.77. The average Bonchev–Trinajstić information content (AvgIpc) is 3.52. The van der Waals surface area contributed by atoms with Crippen molar-refractivity contribution in [2.75, 3.05) is 27.4 Å². The van der Waals surface area contributed by atoms with E-state index in [-0.39, 0.29) is 18.7 Å². The Hall–Kier alpha value is -3.83. The Bertz CT molecular complexity index is 1760. The number of aryl methyl sites for hydroxylation is 1. The van der Waals surface area contributed by atoms with Crippen LogP contribution in [0.4, 0.5) is 0 Å². The van der Waals surface area contributed by atoms with Gasteiger partial charge in [-0.15, -0.1) is 0 Å². The minimum atomic E-state index is -1.50. The molecule has 0 spiro atoms. The van der Waals surface area contributed by atoms with Gasteiger partial charge in [-0.2, -0.15) is 0 Å². The number of ether oxygens (including phenoxy) is 4. The van der Waals surface area contributed by atoms with Crippen LogP contribution in [0.15, 0.2) is 94.6 Å². The van der Waals surface area contributed by atoms with Gasteiger partial charge in [0.15, 0.2) is 0 Å². The van der Waals surface area contributed by atoms with Crippen LogP contribution in [0.25, 0.3) is 0 Å². The van der Waals surface area contributed by atoms with E-state index in [9.17, 15) is 9.59 Å². The Morgan fingerprint density at radius 2 is 1.43 bits per heavy atom. The lowest BCUT2D eigenvalue weighted by molar-refractivity contribution is -0.0925. The fraction of sp³-hybridized carbons (Fsp3) is 0.436. The van der Waals surface area contributed by atoms with Crippen LogP contribution < -0.4 is 20.7 Å². The number of H-pyrrole nitrogens is 1. The summed E-state index contributed by atoms with van der Waals surface area (Å²) in [4.78, 5) is 27.8. The number of hydrogen-bond donors (Lipinski definition) is 1. The van der Waals surface area contributed by atoms with E-state index in [0.717, 1.165) is 28.2 Å². The Morgan fingerprint density at radius 3 is 1.94 bits per heavy atom. The van der Waals surface area contributed by atoms with Gasteiger partial charge in [0.1, 0.15) is 29.4 Å². The molecule has 12 heteroatoms. The second-order valence-corrected chi connectivity index (χ2v) is 14.4. The molecular formula is C39H50N3O8P. The summed E-state index contributed by atoms with van der Waals surface area (Å²) < 4.78 is 41.7. The van der Waals surface area contributed by atoms with Gasteiger partial charge in [0.25, 0.3) is 14.1 Å². The monoisotopic (exact) mass is 719 g/mol. The lowest BCUT2D eigenvalue weighted by atomic mass is 9.80. The number of nitrogens with one attached hydrogen (secondary N) is 1. The normalized spacial score (nSPS) is 18.5. The highest BCUT2D eigenvalue weighted by Gasteiger charge is 2.45. The molecule has 11 nitrogen and oxygen atoms in total. The van der Waals surface area contributed by atoms with Gasteiger partial charge >= 0.3 is 5.69 Å². The van der Waals surface area contributed by atoms with E-state index in [1.165, 1.54) is 10.8 Å². The van der Waals surface area contributed by atoms with Crippen molar-refractivity contribution in [1.29, 1.82) is 0 Å². The van der Waals surface area contributed by atoms with E-state index in [4.69, 9.17) is 28.0 Å². The van der Waals surface area contributed by atoms with Crippen molar-refractivity contribution < 1.29 is 28.0 Å². The Morgan fingerprint density at radius 1 is 0.882 bits per heavy atom. The van der Waals surface area contributed by atoms with Crippen molar-refractivity contribution >= 4 is 8.53 Å². The molecule has 2 heterocycles. The highest BCUT2D eigenvalue weighted by atomic mass is 31.2. The maximum absolute atomic E-state index is 13.1. The lowest BCUT2D eigenvalue weighted by Gasteiger charge is -2.39. The zero-order valence-corrected chi connectivity index (χ0v) is 31.6. The van der Waals surface area contributed by atoms with Crippen molar-refractivity contribution in [2.45, 2.75) is 84.1 Å². The number of nitrogens with zero attached hydrogens (tertiary/aromatic N) is 2. The fourth-order valence-corrected chi connectivity index (χ4v) is 8.30. The number of hydrogen-bond acceptors (Lipinski definition) is 9. The summed E-state index contributed by atoms with van der Waals surface area (Å²) in [6.07, 6.45) is 0.00505. The predicted octanol–water partition coefficient (Wildman–Crippen LogP) is 6.93. The largest absolute Gasteiger partial charge is 0.497 e. The molecule has 5 rings (SSSR count). The first-order chi connectivity index (χ1) is 24.5. The smallest absolute Gasteiger partial charge is 0.330 e. The minimum absolute atomic E-state index is 0.0872. The number of benzene rings is 3. The molecule has 4 aromatic rings. The maximum atomic E-state index is 13.1. The molecule has 0 amide bonds. The van der Waals surface area contributed by atoms with Gasteiger partial charge in [-0.3, -0.25) is 14.3 Å². The summed E-state index contributed by atoms with van der Waals surface area (Å²) in [6, 6.07) is 26.0.